The molecular weight excluding hydrogens is 502 g/mol. The van der Waals surface area contributed by atoms with Crippen LogP contribution in [0.2, 0.25) is 0 Å². The molecule has 4 N–H and O–H groups in total. The minimum atomic E-state index is -1.01. The number of aliphatic hydroxyl groups is 1. The van der Waals surface area contributed by atoms with E-state index in [0.717, 1.165) is 11.1 Å². The van der Waals surface area contributed by atoms with E-state index in [1.165, 1.54) is 0 Å². The molecular formula is C29H35N3O7. The average Bonchev–Trinajstić information content (AvgIpc) is 2.95. The van der Waals surface area contributed by atoms with E-state index in [1.807, 2.05) is 36.4 Å². The Kier molecular flexibility index (Phi) is 11.5. The number of allylic oxidation sites excluding steroid dienone is 1. The molecule has 3 rings (SSSR count). The molecule has 0 bridgehead atoms. The highest BCUT2D eigenvalue weighted by Gasteiger charge is 2.28. The van der Waals surface area contributed by atoms with Crippen molar-refractivity contribution in [1.29, 1.82) is 0 Å². The summed E-state index contributed by atoms with van der Waals surface area (Å²) in [6, 6.07) is 16.1. The Morgan fingerprint density at radius 1 is 1.05 bits per heavy atom. The van der Waals surface area contributed by atoms with Crippen LogP contribution in [0.1, 0.15) is 43.4 Å². The Balaban J connectivity index is 1.74. The highest BCUT2D eigenvalue weighted by Crippen LogP contribution is 2.19. The predicted octanol–water partition coefficient (Wildman–Crippen LogP) is 2.54. The SMILES string of the molecule is C[C@H](CO)NC(=O)C[C@H]1CC=CC[C@@H](NC(=O)OCc2ccccc2)C(=O)OC[C@H](c2ccccc2)NC1=O. The third kappa shape index (κ3) is 9.90. The van der Waals surface area contributed by atoms with Gasteiger partial charge in [0, 0.05) is 12.5 Å². The van der Waals surface area contributed by atoms with Crippen molar-refractivity contribution in [2.45, 2.75) is 50.9 Å². The van der Waals surface area contributed by atoms with Gasteiger partial charge in [-0.05, 0) is 30.9 Å². The molecule has 0 radical (unpaired) electrons. The van der Waals surface area contributed by atoms with E-state index in [0.29, 0.717) is 0 Å². The van der Waals surface area contributed by atoms with Gasteiger partial charge in [-0.1, -0.05) is 72.8 Å². The number of amides is 3. The summed E-state index contributed by atoms with van der Waals surface area (Å²) in [5, 5.41) is 17.3. The maximum absolute atomic E-state index is 13.2. The van der Waals surface area contributed by atoms with Gasteiger partial charge in [-0.25, -0.2) is 9.59 Å². The Hall–Kier alpha value is -4.18. The number of cyclic esters (lactones) is 1. The van der Waals surface area contributed by atoms with Gasteiger partial charge in [-0.2, -0.15) is 0 Å². The number of benzene rings is 2. The largest absolute Gasteiger partial charge is 0.462 e. The Morgan fingerprint density at radius 2 is 1.72 bits per heavy atom. The summed E-state index contributed by atoms with van der Waals surface area (Å²) >= 11 is 0. The fourth-order valence-electron chi connectivity index (χ4n) is 3.96. The third-order valence-corrected chi connectivity index (χ3v) is 6.14. The zero-order chi connectivity index (χ0) is 28.0. The molecule has 3 amide bonds. The number of rotatable bonds is 8. The van der Waals surface area contributed by atoms with E-state index in [9.17, 15) is 24.3 Å². The first-order valence-electron chi connectivity index (χ1n) is 12.9. The summed E-state index contributed by atoms with van der Waals surface area (Å²) in [5.41, 5.74) is 1.52. The third-order valence-electron chi connectivity index (χ3n) is 6.14. The number of carbonyl (C=O) groups is 4. The van der Waals surface area contributed by atoms with E-state index < -0.39 is 36.1 Å². The molecule has 1 heterocycles. The first-order valence-corrected chi connectivity index (χ1v) is 12.9. The molecule has 2 aromatic rings. The highest BCUT2D eigenvalue weighted by atomic mass is 16.6. The van der Waals surface area contributed by atoms with Crippen molar-refractivity contribution in [2.75, 3.05) is 13.2 Å². The molecule has 0 saturated carbocycles. The first-order chi connectivity index (χ1) is 18.9. The molecule has 2 aromatic carbocycles. The van der Waals surface area contributed by atoms with Gasteiger partial charge in [0.05, 0.1) is 18.6 Å². The van der Waals surface area contributed by atoms with Gasteiger partial charge in [-0.15, -0.1) is 0 Å². The first kappa shape index (κ1) is 29.4. The van der Waals surface area contributed by atoms with Crippen molar-refractivity contribution in [3.05, 3.63) is 83.9 Å². The second-order valence-corrected chi connectivity index (χ2v) is 9.36. The monoisotopic (exact) mass is 537 g/mol. The molecule has 10 nitrogen and oxygen atoms in total. The molecule has 1 aliphatic rings. The van der Waals surface area contributed by atoms with Gasteiger partial charge in [0.1, 0.15) is 19.3 Å². The van der Waals surface area contributed by atoms with Crippen molar-refractivity contribution < 1.29 is 33.8 Å². The summed E-state index contributed by atoms with van der Waals surface area (Å²) < 4.78 is 10.8. The zero-order valence-electron chi connectivity index (χ0n) is 21.9. The van der Waals surface area contributed by atoms with E-state index in [2.05, 4.69) is 16.0 Å². The molecule has 0 saturated heterocycles. The number of aliphatic hydroxyl groups excluding tert-OH is 1. The molecule has 39 heavy (non-hydrogen) atoms. The van der Waals surface area contributed by atoms with Crippen LogP contribution in [0.15, 0.2) is 72.8 Å². The van der Waals surface area contributed by atoms with Crippen molar-refractivity contribution in [2.24, 2.45) is 5.92 Å². The van der Waals surface area contributed by atoms with Gasteiger partial charge in [-0.3, -0.25) is 9.59 Å². The number of alkyl carbamates (subject to hydrolysis) is 1. The van der Waals surface area contributed by atoms with Crippen LogP contribution in [0.3, 0.4) is 0 Å². The molecule has 0 unspecified atom stereocenters. The lowest BCUT2D eigenvalue weighted by Gasteiger charge is -2.25. The van der Waals surface area contributed by atoms with E-state index in [1.54, 1.807) is 43.3 Å². The smallest absolute Gasteiger partial charge is 0.408 e. The van der Waals surface area contributed by atoms with Gasteiger partial charge in [0.25, 0.3) is 0 Å². The Morgan fingerprint density at radius 3 is 2.41 bits per heavy atom. The molecule has 208 valence electrons. The van der Waals surface area contributed by atoms with Crippen LogP contribution >= 0.6 is 0 Å². The molecule has 0 fully saturated rings. The summed E-state index contributed by atoms with van der Waals surface area (Å²) in [6.45, 7) is 1.32. The minimum Gasteiger partial charge on any atom is -0.462 e. The second-order valence-electron chi connectivity index (χ2n) is 9.36. The van der Waals surface area contributed by atoms with Gasteiger partial charge < -0.3 is 30.5 Å². The Labute approximate surface area is 227 Å². The molecule has 1 aliphatic heterocycles. The lowest BCUT2D eigenvalue weighted by Crippen LogP contribution is -2.44. The van der Waals surface area contributed by atoms with Crippen LogP contribution in [0.4, 0.5) is 4.79 Å². The summed E-state index contributed by atoms with van der Waals surface area (Å²) in [5.74, 6) is -2.09. The molecule has 0 aliphatic carbocycles. The number of esters is 1. The maximum Gasteiger partial charge on any atom is 0.408 e. The number of carbonyl (C=O) groups excluding carboxylic acids is 4. The fourth-order valence-corrected chi connectivity index (χ4v) is 3.96. The molecule has 10 heteroatoms. The van der Waals surface area contributed by atoms with Crippen LogP contribution in [0, 0.1) is 5.92 Å². The number of hydrogen-bond acceptors (Lipinski definition) is 7. The zero-order valence-corrected chi connectivity index (χ0v) is 21.9. The van der Waals surface area contributed by atoms with Crippen LogP contribution in [-0.2, 0) is 30.5 Å². The van der Waals surface area contributed by atoms with E-state index in [-0.39, 0.29) is 50.9 Å². The second kappa shape index (κ2) is 15.3. The van der Waals surface area contributed by atoms with Crippen LogP contribution in [-0.4, -0.2) is 54.3 Å². The summed E-state index contributed by atoms with van der Waals surface area (Å²) in [7, 11) is 0. The molecule has 0 aromatic heterocycles. The van der Waals surface area contributed by atoms with Crippen molar-refractivity contribution in [1.82, 2.24) is 16.0 Å². The van der Waals surface area contributed by atoms with Crippen LogP contribution in [0.5, 0.6) is 0 Å². The summed E-state index contributed by atoms with van der Waals surface area (Å²) in [4.78, 5) is 51.0. The minimum absolute atomic E-state index is 0.0467. The molecule has 4 atom stereocenters. The lowest BCUT2D eigenvalue weighted by molar-refractivity contribution is -0.147. The maximum atomic E-state index is 13.2. The van der Waals surface area contributed by atoms with Gasteiger partial charge in [0.2, 0.25) is 11.8 Å². The summed E-state index contributed by atoms with van der Waals surface area (Å²) in [6.07, 6.45) is 2.85. The van der Waals surface area contributed by atoms with Crippen LogP contribution < -0.4 is 16.0 Å². The highest BCUT2D eigenvalue weighted by molar-refractivity contribution is 5.86. The normalized spacial score (nSPS) is 20.8. The van der Waals surface area contributed by atoms with Crippen molar-refractivity contribution in [3.63, 3.8) is 0 Å². The number of hydrogen-bond donors (Lipinski definition) is 4. The lowest BCUT2D eigenvalue weighted by atomic mass is 9.97. The average molecular weight is 538 g/mol. The number of ether oxygens (including phenoxy) is 2. The van der Waals surface area contributed by atoms with Gasteiger partial charge >= 0.3 is 12.1 Å². The van der Waals surface area contributed by atoms with Crippen LogP contribution in [0.25, 0.3) is 0 Å². The molecule has 0 spiro atoms. The van der Waals surface area contributed by atoms with Crippen molar-refractivity contribution >= 4 is 23.9 Å². The van der Waals surface area contributed by atoms with Crippen molar-refractivity contribution in [3.8, 4) is 0 Å². The Bertz CT molecular complexity index is 1120. The fraction of sp³-hybridized carbons (Fsp3) is 0.379. The van der Waals surface area contributed by atoms with Gasteiger partial charge in [0.15, 0.2) is 0 Å². The standard InChI is InChI=1S/C29H35N3O7/c1-20(17-33)30-26(34)16-23-14-8-9-15-24(32-29(37)39-18-21-10-4-2-5-11-21)28(36)38-19-25(31-27(23)35)22-12-6-3-7-13-22/h2-13,20,23-25,33H,14-19H2,1H3,(H,30,34)(H,31,35)(H,32,37)/t20-,23-,24-,25-/m1/s1. The topological polar surface area (TPSA) is 143 Å². The van der Waals surface area contributed by atoms with E-state index in [4.69, 9.17) is 9.47 Å². The predicted molar refractivity (Wildman–Crippen MR) is 143 cm³/mol. The van der Waals surface area contributed by atoms with E-state index >= 15 is 0 Å². The number of nitrogens with one attached hydrogen (secondary N) is 3. The quantitative estimate of drug-likeness (QED) is 0.299.